The van der Waals surface area contributed by atoms with Crippen molar-refractivity contribution in [2.75, 3.05) is 0 Å². The molecule has 2 aromatic heterocycles. The molecule has 2 rings (SSSR count). The summed E-state index contributed by atoms with van der Waals surface area (Å²) in [5, 5.41) is 10.8. The highest BCUT2D eigenvalue weighted by Crippen LogP contribution is 2.08. The third-order valence-electron chi connectivity index (χ3n) is 2.18. The Morgan fingerprint density at radius 2 is 2.11 bits per heavy atom. The minimum Gasteiger partial charge on any atom is -0.303 e. The van der Waals surface area contributed by atoms with Gasteiger partial charge in [0.2, 0.25) is 0 Å². The fraction of sp³-hybridized carbons (Fsp3) is 0.100. The lowest BCUT2D eigenvalue weighted by molar-refractivity contribution is -0.385. The van der Waals surface area contributed by atoms with Gasteiger partial charge in [0.1, 0.15) is 5.15 Å². The smallest absolute Gasteiger partial charge is 0.285 e. The first-order valence-electron chi connectivity index (χ1n) is 4.87. The van der Waals surface area contributed by atoms with Gasteiger partial charge in [-0.3, -0.25) is 19.9 Å². The highest BCUT2D eigenvalue weighted by Gasteiger charge is 2.08. The zero-order valence-electron chi connectivity index (χ0n) is 8.99. The Balaban J connectivity index is 2.33. The van der Waals surface area contributed by atoms with Gasteiger partial charge >= 0.3 is 0 Å². The molecule has 0 atom stereocenters. The van der Waals surface area contributed by atoms with Crippen LogP contribution < -0.4 is 5.56 Å². The van der Waals surface area contributed by atoms with Crippen molar-refractivity contribution < 1.29 is 4.92 Å². The third-order valence-corrected chi connectivity index (χ3v) is 2.38. The van der Waals surface area contributed by atoms with Crippen LogP contribution in [-0.2, 0) is 6.54 Å². The lowest BCUT2D eigenvalue weighted by atomic mass is 10.4. The van der Waals surface area contributed by atoms with Gasteiger partial charge in [-0.15, -0.1) is 0 Å². The molecule has 18 heavy (non-hydrogen) atoms. The summed E-state index contributed by atoms with van der Waals surface area (Å²) in [5.41, 5.74) is -0.0177. The van der Waals surface area contributed by atoms with Crippen molar-refractivity contribution in [3.63, 3.8) is 0 Å². The van der Waals surface area contributed by atoms with Gasteiger partial charge in [0.25, 0.3) is 11.2 Å². The van der Waals surface area contributed by atoms with E-state index in [0.29, 0.717) is 5.69 Å². The van der Waals surface area contributed by atoms with Crippen LogP contribution in [0.2, 0.25) is 5.15 Å². The maximum atomic E-state index is 11.5. The zero-order valence-corrected chi connectivity index (χ0v) is 9.74. The van der Waals surface area contributed by atoms with Crippen LogP contribution in [0.3, 0.4) is 0 Å². The lowest BCUT2D eigenvalue weighted by Gasteiger charge is -2.04. The van der Waals surface area contributed by atoms with E-state index in [2.05, 4.69) is 9.97 Å². The summed E-state index contributed by atoms with van der Waals surface area (Å²) >= 11 is 5.58. The maximum absolute atomic E-state index is 11.5. The molecule has 0 N–H and O–H groups in total. The summed E-state index contributed by atoms with van der Waals surface area (Å²) in [6, 6.07) is 2.30. The van der Waals surface area contributed by atoms with Crippen molar-refractivity contribution in [1.29, 1.82) is 0 Å². The molecular formula is C10H7ClN4O3. The molecule has 0 aliphatic heterocycles. The highest BCUT2D eigenvalue weighted by molar-refractivity contribution is 6.29. The predicted molar refractivity (Wildman–Crippen MR) is 63.5 cm³/mol. The molecule has 0 amide bonds. The Labute approximate surface area is 106 Å². The second kappa shape index (κ2) is 4.92. The molecule has 0 saturated heterocycles. The minimum absolute atomic E-state index is 0.102. The van der Waals surface area contributed by atoms with Gasteiger partial charge in [-0.2, -0.15) is 0 Å². The van der Waals surface area contributed by atoms with E-state index in [-0.39, 0.29) is 22.9 Å². The average Bonchev–Trinajstić information content (AvgIpc) is 2.34. The topological polar surface area (TPSA) is 90.9 Å². The third kappa shape index (κ3) is 2.69. The second-order valence-electron chi connectivity index (χ2n) is 3.44. The van der Waals surface area contributed by atoms with Gasteiger partial charge in [0, 0.05) is 12.1 Å². The summed E-state index contributed by atoms with van der Waals surface area (Å²) in [5.74, 6) is 0. The van der Waals surface area contributed by atoms with Crippen LogP contribution in [0.1, 0.15) is 5.69 Å². The highest BCUT2D eigenvalue weighted by atomic mass is 35.5. The van der Waals surface area contributed by atoms with E-state index >= 15 is 0 Å². The van der Waals surface area contributed by atoms with Crippen molar-refractivity contribution in [2.45, 2.75) is 6.54 Å². The van der Waals surface area contributed by atoms with Gasteiger partial charge in [-0.25, -0.2) is 4.98 Å². The first-order chi connectivity index (χ1) is 8.56. The Morgan fingerprint density at radius 3 is 2.72 bits per heavy atom. The molecule has 2 heterocycles. The number of aromatic nitrogens is 3. The number of hydrogen-bond donors (Lipinski definition) is 0. The summed E-state index contributed by atoms with van der Waals surface area (Å²) in [6.07, 6.45) is 3.92. The van der Waals surface area contributed by atoms with Crippen LogP contribution >= 0.6 is 11.6 Å². The van der Waals surface area contributed by atoms with Crippen LogP contribution in [0.15, 0.2) is 35.5 Å². The van der Waals surface area contributed by atoms with E-state index in [0.717, 1.165) is 12.1 Å². The quantitative estimate of drug-likeness (QED) is 0.616. The lowest BCUT2D eigenvalue weighted by Crippen LogP contribution is -2.20. The van der Waals surface area contributed by atoms with E-state index in [1.54, 1.807) is 0 Å². The van der Waals surface area contributed by atoms with Crippen molar-refractivity contribution in [1.82, 2.24) is 14.5 Å². The van der Waals surface area contributed by atoms with Crippen LogP contribution in [0.5, 0.6) is 0 Å². The van der Waals surface area contributed by atoms with E-state index < -0.39 is 4.92 Å². The Hall–Kier alpha value is -2.28. The first kappa shape index (κ1) is 12.2. The summed E-state index contributed by atoms with van der Waals surface area (Å²) in [4.78, 5) is 29.4. The fourth-order valence-electron chi connectivity index (χ4n) is 1.35. The van der Waals surface area contributed by atoms with Gasteiger partial charge in [0.05, 0.1) is 35.8 Å². The van der Waals surface area contributed by atoms with Crippen molar-refractivity contribution in [2.24, 2.45) is 0 Å². The summed E-state index contributed by atoms with van der Waals surface area (Å²) < 4.78 is 1.19. The molecule has 0 bridgehead atoms. The standard InChI is InChI=1S/C10H7ClN4O3/c11-9-4-12-7(3-13-9)5-14-6-8(15(17)18)1-2-10(14)16/h1-4,6H,5H2. The zero-order chi connectivity index (χ0) is 13.1. The van der Waals surface area contributed by atoms with Crippen LogP contribution in [0.4, 0.5) is 5.69 Å². The molecule has 0 aromatic carbocycles. The average molecular weight is 267 g/mol. The second-order valence-corrected chi connectivity index (χ2v) is 3.83. The van der Waals surface area contributed by atoms with Crippen LogP contribution in [0, 0.1) is 10.1 Å². The number of pyridine rings is 1. The van der Waals surface area contributed by atoms with Crippen molar-refractivity contribution >= 4 is 17.3 Å². The molecule has 0 aliphatic rings. The van der Waals surface area contributed by atoms with Crippen molar-refractivity contribution in [3.05, 3.63) is 62.0 Å². The normalized spacial score (nSPS) is 10.3. The number of rotatable bonds is 3. The maximum Gasteiger partial charge on any atom is 0.285 e. The fourth-order valence-corrected chi connectivity index (χ4v) is 1.44. The summed E-state index contributed by atoms with van der Waals surface area (Å²) in [6.45, 7) is 0.102. The van der Waals surface area contributed by atoms with E-state index in [1.807, 2.05) is 0 Å². The molecule has 0 unspecified atom stereocenters. The predicted octanol–water partition coefficient (Wildman–Crippen LogP) is 1.25. The van der Waals surface area contributed by atoms with Crippen LogP contribution in [-0.4, -0.2) is 19.5 Å². The van der Waals surface area contributed by atoms with E-state index in [9.17, 15) is 14.9 Å². The molecule has 92 valence electrons. The molecule has 7 nitrogen and oxygen atoms in total. The Kier molecular flexibility index (Phi) is 3.33. The summed E-state index contributed by atoms with van der Waals surface area (Å²) in [7, 11) is 0. The first-order valence-corrected chi connectivity index (χ1v) is 5.25. The monoisotopic (exact) mass is 266 g/mol. The van der Waals surface area contributed by atoms with Gasteiger partial charge < -0.3 is 4.57 Å². The molecule has 2 aromatic rings. The number of nitro groups is 1. The van der Waals surface area contributed by atoms with Gasteiger partial charge in [-0.05, 0) is 0 Å². The minimum atomic E-state index is -0.566. The number of halogens is 1. The van der Waals surface area contributed by atoms with Gasteiger partial charge in [-0.1, -0.05) is 11.6 Å². The number of hydrogen-bond acceptors (Lipinski definition) is 5. The molecular weight excluding hydrogens is 260 g/mol. The largest absolute Gasteiger partial charge is 0.303 e. The van der Waals surface area contributed by atoms with E-state index in [1.165, 1.54) is 23.2 Å². The van der Waals surface area contributed by atoms with Crippen LogP contribution in [0.25, 0.3) is 0 Å². The molecule has 8 heteroatoms. The van der Waals surface area contributed by atoms with Crippen molar-refractivity contribution in [3.8, 4) is 0 Å². The Morgan fingerprint density at radius 1 is 1.33 bits per heavy atom. The molecule has 0 radical (unpaired) electrons. The molecule has 0 saturated carbocycles. The molecule has 0 spiro atoms. The number of nitrogens with zero attached hydrogens (tertiary/aromatic N) is 4. The Bertz CT molecular complexity index is 638. The van der Waals surface area contributed by atoms with E-state index in [4.69, 9.17) is 11.6 Å². The SMILES string of the molecule is O=c1ccc([N+](=O)[O-])cn1Cc1cnc(Cl)cn1. The molecule has 0 fully saturated rings. The molecule has 0 aliphatic carbocycles. The van der Waals surface area contributed by atoms with Gasteiger partial charge in [0.15, 0.2) is 0 Å².